The van der Waals surface area contributed by atoms with Crippen LogP contribution in [0.3, 0.4) is 0 Å². The Hall–Kier alpha value is -1.43. The van der Waals surface area contributed by atoms with Crippen LogP contribution in [0.25, 0.3) is 10.8 Å². The maximum Gasteiger partial charge on any atom is 0.159 e. The molecule has 2 fully saturated rings. The van der Waals surface area contributed by atoms with Gasteiger partial charge in [0.1, 0.15) is 0 Å². The number of nitrogens with one attached hydrogen (secondary N) is 1. The standard InChI is InChI=1S/C18H23ClN4O/c19-17-15-5-1-2-6-16(15)18(22-21-17)20-13-4-3-9-23(12-13)14-7-10-24-11-8-14/h1-2,5-6,13-14H,3-4,7-12H2,(H,20,22)/t13-/m1/s1. The highest BCUT2D eigenvalue weighted by atomic mass is 35.5. The van der Waals surface area contributed by atoms with E-state index in [0.29, 0.717) is 17.2 Å². The van der Waals surface area contributed by atoms with E-state index in [4.69, 9.17) is 16.3 Å². The molecule has 1 N–H and O–H groups in total. The SMILES string of the molecule is Clc1nnc(N[C@@H]2CCCN(C3CCOCC3)C2)c2ccccc12. The van der Waals surface area contributed by atoms with Crippen molar-refractivity contribution in [1.29, 1.82) is 0 Å². The number of anilines is 1. The van der Waals surface area contributed by atoms with Gasteiger partial charge >= 0.3 is 0 Å². The second kappa shape index (κ2) is 7.21. The molecule has 3 heterocycles. The summed E-state index contributed by atoms with van der Waals surface area (Å²) in [7, 11) is 0. The highest BCUT2D eigenvalue weighted by Crippen LogP contribution is 2.28. The van der Waals surface area contributed by atoms with Crippen molar-refractivity contribution < 1.29 is 4.74 Å². The Morgan fingerprint density at radius 3 is 2.71 bits per heavy atom. The molecular weight excluding hydrogens is 324 g/mol. The second-order valence-corrected chi connectivity index (χ2v) is 7.06. The summed E-state index contributed by atoms with van der Waals surface area (Å²) < 4.78 is 5.50. The lowest BCUT2D eigenvalue weighted by molar-refractivity contribution is 0.0255. The number of nitrogens with zero attached hydrogens (tertiary/aromatic N) is 3. The molecule has 24 heavy (non-hydrogen) atoms. The number of fused-ring (bicyclic) bond motifs is 1. The van der Waals surface area contributed by atoms with Gasteiger partial charge in [0.2, 0.25) is 0 Å². The molecule has 4 rings (SSSR count). The molecule has 128 valence electrons. The summed E-state index contributed by atoms with van der Waals surface area (Å²) in [6.45, 7) is 4.04. The van der Waals surface area contributed by atoms with E-state index in [1.807, 2.05) is 18.2 Å². The summed E-state index contributed by atoms with van der Waals surface area (Å²) in [5.41, 5.74) is 0. The van der Waals surface area contributed by atoms with Crippen molar-refractivity contribution in [3.05, 3.63) is 29.4 Å². The van der Waals surface area contributed by atoms with Crippen molar-refractivity contribution >= 4 is 28.2 Å². The van der Waals surface area contributed by atoms with Crippen LogP contribution in [0.5, 0.6) is 0 Å². The van der Waals surface area contributed by atoms with E-state index in [9.17, 15) is 0 Å². The van der Waals surface area contributed by atoms with Crippen molar-refractivity contribution in [2.45, 2.75) is 37.8 Å². The quantitative estimate of drug-likeness (QED) is 0.923. The Morgan fingerprint density at radius 2 is 1.88 bits per heavy atom. The highest BCUT2D eigenvalue weighted by Gasteiger charge is 2.27. The fourth-order valence-corrected chi connectivity index (χ4v) is 4.08. The van der Waals surface area contributed by atoms with Crippen LogP contribution < -0.4 is 5.32 Å². The first kappa shape index (κ1) is 16.1. The van der Waals surface area contributed by atoms with Crippen molar-refractivity contribution in [2.24, 2.45) is 0 Å². The molecule has 1 aromatic heterocycles. The molecule has 0 bridgehead atoms. The largest absolute Gasteiger partial charge is 0.381 e. The zero-order chi connectivity index (χ0) is 16.4. The average molecular weight is 347 g/mol. The molecule has 5 nitrogen and oxygen atoms in total. The van der Waals surface area contributed by atoms with Crippen LogP contribution in [0.2, 0.25) is 5.15 Å². The molecule has 2 aromatic rings. The fraction of sp³-hybridized carbons (Fsp3) is 0.556. The van der Waals surface area contributed by atoms with Crippen molar-refractivity contribution in [3.63, 3.8) is 0 Å². The van der Waals surface area contributed by atoms with E-state index >= 15 is 0 Å². The van der Waals surface area contributed by atoms with E-state index < -0.39 is 0 Å². The van der Waals surface area contributed by atoms with Crippen LogP contribution in [0.1, 0.15) is 25.7 Å². The predicted octanol–water partition coefficient (Wildman–Crippen LogP) is 3.34. The Bertz CT molecular complexity index is 704. The average Bonchev–Trinajstić information content (AvgIpc) is 2.65. The number of ether oxygens (including phenoxy) is 1. The molecule has 1 atom stereocenters. The summed E-state index contributed by atoms with van der Waals surface area (Å²) in [5, 5.41) is 14.5. The molecule has 2 aliphatic heterocycles. The van der Waals surface area contributed by atoms with Gasteiger partial charge in [-0.05, 0) is 32.2 Å². The van der Waals surface area contributed by atoms with Crippen LogP contribution in [0.15, 0.2) is 24.3 Å². The molecule has 1 aromatic carbocycles. The summed E-state index contributed by atoms with van der Waals surface area (Å²) >= 11 is 6.18. The third kappa shape index (κ3) is 3.34. The smallest absolute Gasteiger partial charge is 0.159 e. The van der Waals surface area contributed by atoms with Gasteiger partial charge in [-0.25, -0.2) is 0 Å². The number of benzene rings is 1. The minimum Gasteiger partial charge on any atom is -0.381 e. The van der Waals surface area contributed by atoms with E-state index in [0.717, 1.165) is 49.2 Å². The minimum atomic E-state index is 0.403. The first-order valence-electron chi connectivity index (χ1n) is 8.80. The lowest BCUT2D eigenvalue weighted by Gasteiger charge is -2.40. The number of halogens is 1. The van der Waals surface area contributed by atoms with Gasteiger partial charge in [-0.1, -0.05) is 35.9 Å². The van der Waals surface area contributed by atoms with Crippen LogP contribution >= 0.6 is 11.6 Å². The van der Waals surface area contributed by atoms with Crippen molar-refractivity contribution in [1.82, 2.24) is 15.1 Å². The second-order valence-electron chi connectivity index (χ2n) is 6.71. The van der Waals surface area contributed by atoms with E-state index in [-0.39, 0.29) is 0 Å². The first-order valence-corrected chi connectivity index (χ1v) is 9.18. The van der Waals surface area contributed by atoms with Gasteiger partial charge in [-0.3, -0.25) is 4.90 Å². The molecular formula is C18H23ClN4O. The Kier molecular flexibility index (Phi) is 4.83. The molecule has 0 amide bonds. The van der Waals surface area contributed by atoms with E-state index in [1.165, 1.54) is 19.4 Å². The minimum absolute atomic E-state index is 0.403. The lowest BCUT2D eigenvalue weighted by atomic mass is 9.99. The molecule has 2 aliphatic rings. The third-order valence-corrected chi connectivity index (χ3v) is 5.42. The van der Waals surface area contributed by atoms with Crippen LogP contribution in [0, 0.1) is 0 Å². The molecule has 0 saturated carbocycles. The number of likely N-dealkylation sites (tertiary alicyclic amines) is 1. The Morgan fingerprint density at radius 1 is 1.08 bits per heavy atom. The number of aromatic nitrogens is 2. The monoisotopic (exact) mass is 346 g/mol. The molecule has 0 aliphatic carbocycles. The Labute approximate surface area is 147 Å². The summed E-state index contributed by atoms with van der Waals surface area (Å²) in [5.74, 6) is 0.842. The van der Waals surface area contributed by atoms with Crippen LogP contribution in [0.4, 0.5) is 5.82 Å². The first-order chi connectivity index (χ1) is 11.8. The maximum absolute atomic E-state index is 6.18. The van der Waals surface area contributed by atoms with Crippen LogP contribution in [-0.4, -0.2) is 53.5 Å². The molecule has 0 radical (unpaired) electrons. The lowest BCUT2D eigenvalue weighted by Crippen LogP contribution is -2.48. The molecule has 0 spiro atoms. The number of hydrogen-bond donors (Lipinski definition) is 1. The van der Waals surface area contributed by atoms with Gasteiger partial charge in [0.15, 0.2) is 11.0 Å². The number of rotatable bonds is 3. The number of piperidine rings is 1. The maximum atomic E-state index is 6.18. The fourth-order valence-electron chi connectivity index (χ4n) is 3.88. The van der Waals surface area contributed by atoms with E-state index in [1.54, 1.807) is 0 Å². The predicted molar refractivity (Wildman–Crippen MR) is 96.6 cm³/mol. The van der Waals surface area contributed by atoms with Crippen molar-refractivity contribution in [3.8, 4) is 0 Å². The van der Waals surface area contributed by atoms with Crippen molar-refractivity contribution in [2.75, 3.05) is 31.6 Å². The zero-order valence-corrected chi connectivity index (χ0v) is 14.5. The normalized spacial score (nSPS) is 23.5. The summed E-state index contributed by atoms with van der Waals surface area (Å²) in [6, 6.07) is 9.11. The zero-order valence-electron chi connectivity index (χ0n) is 13.7. The van der Waals surface area contributed by atoms with Gasteiger partial charge in [0.25, 0.3) is 0 Å². The molecule has 2 saturated heterocycles. The third-order valence-electron chi connectivity index (χ3n) is 5.14. The van der Waals surface area contributed by atoms with Gasteiger partial charge in [-0.2, -0.15) is 0 Å². The van der Waals surface area contributed by atoms with Gasteiger partial charge in [0, 0.05) is 42.6 Å². The summed E-state index contributed by atoms with van der Waals surface area (Å²) in [6.07, 6.45) is 4.68. The summed E-state index contributed by atoms with van der Waals surface area (Å²) in [4.78, 5) is 2.62. The van der Waals surface area contributed by atoms with Crippen LogP contribution in [-0.2, 0) is 4.74 Å². The number of hydrogen-bond acceptors (Lipinski definition) is 5. The van der Waals surface area contributed by atoms with E-state index in [2.05, 4.69) is 26.5 Å². The Balaban J connectivity index is 1.50. The topological polar surface area (TPSA) is 50.3 Å². The molecule has 6 heteroatoms. The highest BCUT2D eigenvalue weighted by molar-refractivity contribution is 6.34. The van der Waals surface area contributed by atoms with Gasteiger partial charge in [0.05, 0.1) is 0 Å². The van der Waals surface area contributed by atoms with Gasteiger partial charge < -0.3 is 10.1 Å². The van der Waals surface area contributed by atoms with Gasteiger partial charge in [-0.15, -0.1) is 10.2 Å². The molecule has 0 unspecified atom stereocenters.